The summed E-state index contributed by atoms with van der Waals surface area (Å²) in [5.41, 5.74) is 5.05. The summed E-state index contributed by atoms with van der Waals surface area (Å²) in [6.45, 7) is 1.07. The van der Waals surface area contributed by atoms with Gasteiger partial charge in [0.15, 0.2) is 5.67 Å². The number of rotatable bonds is 4. The first-order valence-electron chi connectivity index (χ1n) is 5.72. The van der Waals surface area contributed by atoms with Crippen molar-refractivity contribution in [3.8, 4) is 0 Å². The Morgan fingerprint density at radius 3 is 3.12 bits per heavy atom. The Labute approximate surface area is 108 Å². The highest BCUT2D eigenvalue weighted by Gasteiger charge is 2.43. The third-order valence-corrected chi connectivity index (χ3v) is 3.80. The molecule has 2 unspecified atom stereocenters. The van der Waals surface area contributed by atoms with Crippen LogP contribution in [0.5, 0.6) is 0 Å². The summed E-state index contributed by atoms with van der Waals surface area (Å²) in [7, 11) is 1.62. The van der Waals surface area contributed by atoms with E-state index in [1.165, 1.54) is 0 Å². The van der Waals surface area contributed by atoms with E-state index in [1.807, 2.05) is 0 Å². The second-order valence-electron chi connectivity index (χ2n) is 4.53. The molecule has 1 aromatic heterocycles. The van der Waals surface area contributed by atoms with Crippen molar-refractivity contribution in [3.63, 3.8) is 0 Å². The highest BCUT2D eigenvalue weighted by molar-refractivity contribution is 9.10. The number of halogens is 2. The Kier molecular flexibility index (Phi) is 3.85. The topological polar surface area (TPSA) is 53.1 Å². The van der Waals surface area contributed by atoms with Gasteiger partial charge in [-0.25, -0.2) is 4.39 Å². The number of hydrogen-bond acceptors (Lipinski definition) is 3. The maximum absolute atomic E-state index is 14.9. The lowest BCUT2D eigenvalue weighted by Gasteiger charge is -2.21. The van der Waals surface area contributed by atoms with E-state index in [0.29, 0.717) is 36.2 Å². The zero-order valence-electron chi connectivity index (χ0n) is 9.83. The molecule has 2 rings (SSSR count). The van der Waals surface area contributed by atoms with Crippen LogP contribution in [0.4, 0.5) is 4.39 Å². The predicted octanol–water partition coefficient (Wildman–Crippen LogP) is 1.97. The number of nitrogens with two attached hydrogens (primary N) is 1. The Morgan fingerprint density at radius 2 is 2.53 bits per heavy atom. The minimum atomic E-state index is -1.36. The lowest BCUT2D eigenvalue weighted by atomic mass is 10.00. The molecule has 0 radical (unpaired) electrons. The summed E-state index contributed by atoms with van der Waals surface area (Å²) < 4.78 is 22.3. The third-order valence-electron chi connectivity index (χ3n) is 3.22. The molecule has 96 valence electrons. The number of methoxy groups -OCH3 is 1. The lowest BCUT2D eigenvalue weighted by molar-refractivity contribution is 0.143. The zero-order valence-corrected chi connectivity index (χ0v) is 11.4. The van der Waals surface area contributed by atoms with Crippen LogP contribution in [-0.2, 0) is 17.0 Å². The number of nitrogens with zero attached hydrogens (tertiary/aromatic N) is 2. The zero-order chi connectivity index (χ0) is 12.5. The van der Waals surface area contributed by atoms with Gasteiger partial charge in [-0.15, -0.1) is 0 Å². The molecule has 2 N–H and O–H groups in total. The fourth-order valence-electron chi connectivity index (χ4n) is 2.40. The van der Waals surface area contributed by atoms with E-state index in [4.69, 9.17) is 10.5 Å². The van der Waals surface area contributed by atoms with Crippen molar-refractivity contribution >= 4 is 15.9 Å². The van der Waals surface area contributed by atoms with Crippen molar-refractivity contribution in [1.82, 2.24) is 9.78 Å². The summed E-state index contributed by atoms with van der Waals surface area (Å²) in [5, 5.41) is 4.18. The first-order chi connectivity index (χ1) is 8.07. The van der Waals surface area contributed by atoms with Gasteiger partial charge < -0.3 is 10.5 Å². The molecule has 0 amide bonds. The van der Waals surface area contributed by atoms with Gasteiger partial charge in [0.25, 0.3) is 0 Å². The van der Waals surface area contributed by atoms with Gasteiger partial charge in [0, 0.05) is 19.6 Å². The van der Waals surface area contributed by atoms with E-state index in [2.05, 4.69) is 21.0 Å². The first-order valence-corrected chi connectivity index (χ1v) is 6.51. The first kappa shape index (κ1) is 13.0. The molecule has 1 aromatic rings. The second-order valence-corrected chi connectivity index (χ2v) is 5.38. The molecule has 1 heterocycles. The van der Waals surface area contributed by atoms with Crippen LogP contribution >= 0.6 is 15.9 Å². The summed E-state index contributed by atoms with van der Waals surface area (Å²) in [6.07, 6.45) is 3.18. The van der Waals surface area contributed by atoms with Crippen LogP contribution in [0.25, 0.3) is 0 Å². The normalized spacial score (nSPS) is 28.8. The molecule has 1 fully saturated rings. The summed E-state index contributed by atoms with van der Waals surface area (Å²) in [4.78, 5) is 0. The average molecular weight is 306 g/mol. The second kappa shape index (κ2) is 5.04. The van der Waals surface area contributed by atoms with Gasteiger partial charge in [-0.2, -0.15) is 5.10 Å². The van der Waals surface area contributed by atoms with Gasteiger partial charge in [0.2, 0.25) is 0 Å². The molecule has 0 aliphatic heterocycles. The maximum atomic E-state index is 14.9. The molecular formula is C11H17BrFN3O. The van der Waals surface area contributed by atoms with Crippen LogP contribution in [0, 0.1) is 0 Å². The van der Waals surface area contributed by atoms with Gasteiger partial charge in [-0.05, 0) is 28.8 Å². The molecule has 0 spiro atoms. The average Bonchev–Trinajstić information content (AvgIpc) is 2.80. The summed E-state index contributed by atoms with van der Waals surface area (Å²) in [5.74, 6) is 0. The Hall–Kier alpha value is -0.460. The number of aromatic nitrogens is 2. The molecule has 6 heteroatoms. The van der Waals surface area contributed by atoms with Crippen molar-refractivity contribution in [2.75, 3.05) is 13.7 Å². The van der Waals surface area contributed by atoms with Gasteiger partial charge >= 0.3 is 0 Å². The van der Waals surface area contributed by atoms with Gasteiger partial charge in [0.05, 0.1) is 29.5 Å². The molecule has 0 aromatic carbocycles. The Bertz CT molecular complexity index is 398. The van der Waals surface area contributed by atoms with Crippen LogP contribution in [0.3, 0.4) is 0 Å². The van der Waals surface area contributed by atoms with Crippen LogP contribution in [-0.4, -0.2) is 29.5 Å². The largest absolute Gasteiger partial charge is 0.383 e. The Balaban J connectivity index is 2.27. The minimum Gasteiger partial charge on any atom is -0.383 e. The van der Waals surface area contributed by atoms with E-state index in [9.17, 15) is 4.39 Å². The van der Waals surface area contributed by atoms with Crippen LogP contribution in [0.15, 0.2) is 10.7 Å². The number of alkyl halides is 1. The quantitative estimate of drug-likeness (QED) is 0.925. The van der Waals surface area contributed by atoms with E-state index >= 15 is 0 Å². The van der Waals surface area contributed by atoms with E-state index in [1.54, 1.807) is 18.0 Å². The van der Waals surface area contributed by atoms with Gasteiger partial charge in [0.1, 0.15) is 0 Å². The van der Waals surface area contributed by atoms with E-state index < -0.39 is 5.67 Å². The van der Waals surface area contributed by atoms with Crippen LogP contribution in [0.1, 0.15) is 25.0 Å². The molecule has 0 saturated heterocycles. The molecule has 0 bridgehead atoms. The van der Waals surface area contributed by atoms with Gasteiger partial charge in [-0.3, -0.25) is 4.68 Å². The standard InChI is InChI=1S/C11H17BrFN3O/c1-17-5-4-16-10(9(12)7-15-16)11(13)3-2-8(14)6-11/h7-8H,2-6,14H2,1H3. The Morgan fingerprint density at radius 1 is 1.76 bits per heavy atom. The van der Waals surface area contributed by atoms with Crippen LogP contribution in [0.2, 0.25) is 0 Å². The third kappa shape index (κ3) is 2.53. The SMILES string of the molecule is COCCn1ncc(Br)c1C1(F)CCC(N)C1. The molecule has 4 nitrogen and oxygen atoms in total. The summed E-state index contributed by atoms with van der Waals surface area (Å²) >= 11 is 3.37. The lowest BCUT2D eigenvalue weighted by Crippen LogP contribution is -2.26. The van der Waals surface area contributed by atoms with Crippen molar-refractivity contribution in [3.05, 3.63) is 16.4 Å². The van der Waals surface area contributed by atoms with E-state index in [0.717, 1.165) is 6.42 Å². The van der Waals surface area contributed by atoms with Crippen LogP contribution < -0.4 is 5.73 Å². The van der Waals surface area contributed by atoms with Crippen molar-refractivity contribution in [2.24, 2.45) is 5.73 Å². The molecule has 2 atom stereocenters. The molecule has 1 aliphatic carbocycles. The fourth-order valence-corrected chi connectivity index (χ4v) is 3.06. The monoisotopic (exact) mass is 305 g/mol. The molecular weight excluding hydrogens is 289 g/mol. The molecule has 17 heavy (non-hydrogen) atoms. The smallest absolute Gasteiger partial charge is 0.155 e. The van der Waals surface area contributed by atoms with Crippen molar-refractivity contribution < 1.29 is 9.13 Å². The van der Waals surface area contributed by atoms with E-state index in [-0.39, 0.29) is 6.04 Å². The predicted molar refractivity (Wildman–Crippen MR) is 66.4 cm³/mol. The number of ether oxygens (including phenoxy) is 1. The fraction of sp³-hybridized carbons (Fsp3) is 0.727. The van der Waals surface area contributed by atoms with Gasteiger partial charge in [-0.1, -0.05) is 0 Å². The highest BCUT2D eigenvalue weighted by Crippen LogP contribution is 2.44. The van der Waals surface area contributed by atoms with Crippen molar-refractivity contribution in [1.29, 1.82) is 0 Å². The molecule has 1 saturated carbocycles. The molecule has 1 aliphatic rings. The minimum absolute atomic E-state index is 0.0577. The van der Waals surface area contributed by atoms with Crippen molar-refractivity contribution in [2.45, 2.75) is 37.5 Å². The highest BCUT2D eigenvalue weighted by atomic mass is 79.9. The summed E-state index contributed by atoms with van der Waals surface area (Å²) in [6, 6.07) is -0.0577. The number of hydrogen-bond donors (Lipinski definition) is 1. The maximum Gasteiger partial charge on any atom is 0.155 e.